The van der Waals surface area contributed by atoms with Crippen LogP contribution in [0.4, 0.5) is 0 Å². The number of nitrogens with one attached hydrogen (secondary N) is 1. The molecule has 5 aromatic rings. The first-order valence-corrected chi connectivity index (χ1v) is 12.2. The summed E-state index contributed by atoms with van der Waals surface area (Å²) in [7, 11) is 0. The number of nitrogens with zero attached hydrogens (tertiary/aromatic N) is 6. The molecule has 0 radical (unpaired) electrons. The third kappa shape index (κ3) is 5.51. The van der Waals surface area contributed by atoms with Gasteiger partial charge in [0.05, 0.1) is 6.54 Å². The van der Waals surface area contributed by atoms with Crippen LogP contribution >= 0.6 is 0 Å². The molecular formula is C28H29N7. The molecule has 0 saturated heterocycles. The molecule has 0 aliphatic carbocycles. The predicted octanol–water partition coefficient (Wildman–Crippen LogP) is 5.30. The Labute approximate surface area is 205 Å². The van der Waals surface area contributed by atoms with Crippen molar-refractivity contribution in [1.29, 1.82) is 0 Å². The van der Waals surface area contributed by atoms with E-state index >= 15 is 0 Å². The zero-order chi connectivity index (χ0) is 23.9. The molecule has 5 rings (SSSR count). The first-order chi connectivity index (χ1) is 17.3. The lowest BCUT2D eigenvalue weighted by Gasteiger charge is -2.09. The van der Waals surface area contributed by atoms with Crippen molar-refractivity contribution in [2.24, 2.45) is 0 Å². The van der Waals surface area contributed by atoms with Gasteiger partial charge in [-0.1, -0.05) is 92.2 Å². The summed E-state index contributed by atoms with van der Waals surface area (Å²) in [5.41, 5.74) is 5.65. The van der Waals surface area contributed by atoms with Gasteiger partial charge in [0.15, 0.2) is 5.82 Å². The molecule has 35 heavy (non-hydrogen) atoms. The van der Waals surface area contributed by atoms with E-state index in [0.717, 1.165) is 60.4 Å². The van der Waals surface area contributed by atoms with Gasteiger partial charge in [0.2, 0.25) is 5.82 Å². The number of tetrazole rings is 1. The van der Waals surface area contributed by atoms with Gasteiger partial charge in [0.25, 0.3) is 0 Å². The fraction of sp³-hybridized carbons (Fsp3) is 0.250. The monoisotopic (exact) mass is 463 g/mol. The molecule has 0 aliphatic rings. The Morgan fingerprint density at radius 3 is 2.29 bits per heavy atom. The Balaban J connectivity index is 1.36. The highest BCUT2D eigenvalue weighted by atomic mass is 15.5. The predicted molar refractivity (Wildman–Crippen MR) is 137 cm³/mol. The Bertz CT molecular complexity index is 1340. The molecule has 2 aromatic heterocycles. The van der Waals surface area contributed by atoms with Crippen LogP contribution in [0.25, 0.3) is 22.5 Å². The third-order valence-electron chi connectivity index (χ3n) is 6.14. The number of aromatic amines is 1. The van der Waals surface area contributed by atoms with Crippen LogP contribution in [0.3, 0.4) is 0 Å². The quantitative estimate of drug-likeness (QED) is 0.304. The SMILES string of the molecule is CCCCc1nc(CCc2ccccc2)n(Cc2ccc(-c3ccccc3-c3nn[nH]n3)cc2)n1. The van der Waals surface area contributed by atoms with Crippen molar-refractivity contribution in [3.8, 4) is 22.5 Å². The van der Waals surface area contributed by atoms with Crippen molar-refractivity contribution in [2.45, 2.75) is 45.6 Å². The number of rotatable bonds is 10. The Morgan fingerprint density at radius 2 is 1.54 bits per heavy atom. The summed E-state index contributed by atoms with van der Waals surface area (Å²) < 4.78 is 2.08. The van der Waals surface area contributed by atoms with Gasteiger partial charge >= 0.3 is 0 Å². The lowest BCUT2D eigenvalue weighted by atomic mass is 9.98. The standard InChI is InChI=1S/C28H29N7/c1-2-3-13-26-29-27(19-16-21-9-5-4-6-10-21)35(32-26)20-22-14-17-23(18-15-22)24-11-7-8-12-25(24)28-30-33-34-31-28/h4-12,14-15,17-18H,2-3,13,16,19-20H2,1H3,(H,30,31,33,34). The molecule has 0 spiro atoms. The van der Waals surface area contributed by atoms with E-state index in [4.69, 9.17) is 10.1 Å². The normalized spacial score (nSPS) is 11.1. The molecule has 0 unspecified atom stereocenters. The fourth-order valence-corrected chi connectivity index (χ4v) is 4.25. The van der Waals surface area contributed by atoms with E-state index < -0.39 is 0 Å². The minimum absolute atomic E-state index is 0.593. The summed E-state index contributed by atoms with van der Waals surface area (Å²) in [6, 6.07) is 27.3. The Morgan fingerprint density at radius 1 is 0.771 bits per heavy atom. The maximum absolute atomic E-state index is 4.89. The first kappa shape index (κ1) is 22.7. The molecule has 0 aliphatic heterocycles. The van der Waals surface area contributed by atoms with Crippen molar-refractivity contribution in [3.05, 3.63) is 102 Å². The maximum Gasteiger partial charge on any atom is 0.205 e. The Kier molecular flexibility index (Phi) is 7.03. The zero-order valence-corrected chi connectivity index (χ0v) is 19.9. The number of aromatic nitrogens is 7. The maximum atomic E-state index is 4.89. The van der Waals surface area contributed by atoms with Crippen molar-refractivity contribution in [1.82, 2.24) is 35.4 Å². The van der Waals surface area contributed by atoms with Gasteiger partial charge in [-0.3, -0.25) is 0 Å². The summed E-state index contributed by atoms with van der Waals surface area (Å²) in [6.45, 7) is 2.90. The molecule has 3 aromatic carbocycles. The summed E-state index contributed by atoms with van der Waals surface area (Å²) >= 11 is 0. The molecule has 0 saturated carbocycles. The lowest BCUT2D eigenvalue weighted by Crippen LogP contribution is -2.08. The van der Waals surface area contributed by atoms with Crippen molar-refractivity contribution >= 4 is 0 Å². The summed E-state index contributed by atoms with van der Waals surface area (Å²) in [6.07, 6.45) is 5.00. The average Bonchev–Trinajstić information content (AvgIpc) is 3.58. The van der Waals surface area contributed by atoms with Crippen LogP contribution < -0.4 is 0 Å². The van der Waals surface area contributed by atoms with E-state index in [1.807, 2.05) is 18.2 Å². The molecule has 0 bridgehead atoms. The molecule has 7 nitrogen and oxygen atoms in total. The van der Waals surface area contributed by atoms with Gasteiger partial charge in [-0.2, -0.15) is 10.3 Å². The highest BCUT2D eigenvalue weighted by Crippen LogP contribution is 2.29. The third-order valence-corrected chi connectivity index (χ3v) is 6.14. The fourth-order valence-electron chi connectivity index (χ4n) is 4.25. The molecule has 176 valence electrons. The Hall–Kier alpha value is -4.13. The lowest BCUT2D eigenvalue weighted by molar-refractivity contribution is 0.624. The van der Waals surface area contributed by atoms with Crippen LogP contribution in [0.1, 0.15) is 42.5 Å². The van der Waals surface area contributed by atoms with Crippen molar-refractivity contribution in [2.75, 3.05) is 0 Å². The van der Waals surface area contributed by atoms with E-state index in [-0.39, 0.29) is 0 Å². The second-order valence-electron chi connectivity index (χ2n) is 8.67. The van der Waals surface area contributed by atoms with Gasteiger partial charge in [0.1, 0.15) is 5.82 Å². The molecule has 0 fully saturated rings. The van der Waals surface area contributed by atoms with Crippen LogP contribution in [0.15, 0.2) is 78.9 Å². The molecular weight excluding hydrogens is 434 g/mol. The second kappa shape index (κ2) is 10.9. The summed E-state index contributed by atoms with van der Waals surface area (Å²) in [4.78, 5) is 4.89. The van der Waals surface area contributed by atoms with Crippen LogP contribution in [0.2, 0.25) is 0 Å². The van der Waals surface area contributed by atoms with Crippen LogP contribution in [0, 0.1) is 0 Å². The average molecular weight is 464 g/mol. The van der Waals surface area contributed by atoms with Crippen LogP contribution in [-0.2, 0) is 25.8 Å². The van der Waals surface area contributed by atoms with Crippen LogP contribution in [0.5, 0.6) is 0 Å². The van der Waals surface area contributed by atoms with Gasteiger partial charge in [-0.05, 0) is 40.3 Å². The summed E-state index contributed by atoms with van der Waals surface area (Å²) in [5.74, 6) is 2.59. The largest absolute Gasteiger partial charge is 0.245 e. The number of unbranched alkanes of at least 4 members (excludes halogenated alkanes) is 1. The molecule has 0 atom stereocenters. The number of hydrogen-bond acceptors (Lipinski definition) is 5. The smallest absolute Gasteiger partial charge is 0.205 e. The molecule has 2 heterocycles. The van der Waals surface area contributed by atoms with Crippen molar-refractivity contribution in [3.63, 3.8) is 0 Å². The van der Waals surface area contributed by atoms with Gasteiger partial charge in [0, 0.05) is 18.4 Å². The van der Waals surface area contributed by atoms with Gasteiger partial charge in [-0.15, -0.1) is 10.2 Å². The first-order valence-electron chi connectivity index (χ1n) is 12.2. The van der Waals surface area contributed by atoms with Crippen molar-refractivity contribution < 1.29 is 0 Å². The molecule has 0 amide bonds. The number of aryl methyl sites for hydroxylation is 3. The number of H-pyrrole nitrogens is 1. The van der Waals surface area contributed by atoms with E-state index in [2.05, 4.69) is 92.9 Å². The van der Waals surface area contributed by atoms with E-state index in [9.17, 15) is 0 Å². The topological polar surface area (TPSA) is 85.2 Å². The van der Waals surface area contributed by atoms with E-state index in [0.29, 0.717) is 12.4 Å². The van der Waals surface area contributed by atoms with E-state index in [1.165, 1.54) is 11.1 Å². The zero-order valence-electron chi connectivity index (χ0n) is 19.9. The van der Waals surface area contributed by atoms with Crippen LogP contribution in [-0.4, -0.2) is 35.4 Å². The highest BCUT2D eigenvalue weighted by molar-refractivity contribution is 5.80. The number of benzene rings is 3. The second-order valence-corrected chi connectivity index (χ2v) is 8.67. The van der Waals surface area contributed by atoms with Gasteiger partial charge < -0.3 is 0 Å². The number of hydrogen-bond donors (Lipinski definition) is 1. The van der Waals surface area contributed by atoms with E-state index in [1.54, 1.807) is 0 Å². The minimum Gasteiger partial charge on any atom is -0.245 e. The minimum atomic E-state index is 0.593. The molecule has 7 heteroatoms. The highest BCUT2D eigenvalue weighted by Gasteiger charge is 2.13. The molecule has 1 N–H and O–H groups in total. The van der Waals surface area contributed by atoms with Gasteiger partial charge in [-0.25, -0.2) is 9.67 Å². The summed E-state index contributed by atoms with van der Waals surface area (Å²) in [5, 5.41) is 19.4.